The highest BCUT2D eigenvalue weighted by atomic mass is 16.7. The zero-order chi connectivity index (χ0) is 21.1. The molecule has 0 amide bonds. The molecule has 8 atom stereocenters. The fourth-order valence-corrected chi connectivity index (χ4v) is 3.47. The monoisotopic (exact) mass is 392 g/mol. The second-order valence-corrected chi connectivity index (χ2v) is 6.90. The Hall–Kier alpha value is -0.730. The Labute approximate surface area is 164 Å². The van der Waals surface area contributed by atoms with Crippen LogP contribution in [0.25, 0.3) is 0 Å². The van der Waals surface area contributed by atoms with E-state index in [1.807, 2.05) is 13.8 Å². The van der Waals surface area contributed by atoms with Gasteiger partial charge in [0.2, 0.25) is 0 Å². The Morgan fingerprint density at radius 3 is 1.85 bits per heavy atom. The highest BCUT2D eigenvalue weighted by Crippen LogP contribution is 2.28. The van der Waals surface area contributed by atoms with Gasteiger partial charge in [-0.3, -0.25) is 4.79 Å². The number of ether oxygens (including phenoxy) is 5. The van der Waals surface area contributed by atoms with Crippen molar-refractivity contribution in [2.45, 2.75) is 91.2 Å². The van der Waals surface area contributed by atoms with Gasteiger partial charge in [-0.15, -0.1) is 0 Å². The molecule has 0 saturated carbocycles. The van der Waals surface area contributed by atoms with E-state index in [0.717, 1.165) is 6.42 Å². The van der Waals surface area contributed by atoms with Crippen LogP contribution in [-0.2, 0) is 28.5 Å². The molecule has 0 bridgehead atoms. The number of hydrogen-bond acceptors (Lipinski definition) is 6. The van der Waals surface area contributed by atoms with E-state index in [1.165, 1.54) is 14.2 Å². The molecule has 27 heavy (non-hydrogen) atoms. The summed E-state index contributed by atoms with van der Waals surface area (Å²) in [5, 5.41) is 8.97. The average Bonchev–Trinajstić information content (AvgIpc) is 2.65. The van der Waals surface area contributed by atoms with Gasteiger partial charge in [0, 0.05) is 33.7 Å². The maximum atomic E-state index is 10.9. The molecule has 2 fully saturated rings. The molecule has 2 saturated heterocycles. The van der Waals surface area contributed by atoms with E-state index in [0.29, 0.717) is 30.7 Å². The molecule has 2 heterocycles. The minimum absolute atomic E-state index is 0.337. The first kappa shape index (κ1) is 26.3. The van der Waals surface area contributed by atoms with Crippen LogP contribution in [0.3, 0.4) is 0 Å². The largest absolute Gasteiger partial charge is 0.481 e. The first-order chi connectivity index (χ1) is 12.7. The van der Waals surface area contributed by atoms with Crippen molar-refractivity contribution >= 4 is 5.97 Å². The molecule has 0 aromatic carbocycles. The Balaban J connectivity index is 0.000000469. The molecule has 0 radical (unpaired) electrons. The smallest absolute Gasteiger partial charge is 0.311 e. The molecule has 0 aromatic heterocycles. The summed E-state index contributed by atoms with van der Waals surface area (Å²) in [6, 6.07) is 0. The molecule has 0 spiro atoms. The molecular formula is C20H40O7. The number of carbonyl (C=O) groups is 1. The van der Waals surface area contributed by atoms with Crippen LogP contribution < -0.4 is 0 Å². The summed E-state index contributed by atoms with van der Waals surface area (Å²) >= 11 is 0. The van der Waals surface area contributed by atoms with Crippen molar-refractivity contribution in [3.05, 3.63) is 0 Å². The Morgan fingerprint density at radius 1 is 0.852 bits per heavy atom. The molecule has 2 rings (SSSR count). The summed E-state index contributed by atoms with van der Waals surface area (Å²) in [5.41, 5.74) is 0. The van der Waals surface area contributed by atoms with E-state index in [9.17, 15) is 4.79 Å². The third-order valence-electron chi connectivity index (χ3n) is 5.19. The van der Waals surface area contributed by atoms with Gasteiger partial charge in [0.05, 0.1) is 30.5 Å². The van der Waals surface area contributed by atoms with Crippen molar-refractivity contribution in [3.63, 3.8) is 0 Å². The van der Waals surface area contributed by atoms with Crippen LogP contribution in [-0.4, -0.2) is 69.2 Å². The minimum atomic E-state index is -0.890. The first-order valence-electron chi connectivity index (χ1n) is 9.87. The van der Waals surface area contributed by atoms with Crippen LogP contribution in [0.4, 0.5) is 0 Å². The molecule has 162 valence electrons. The van der Waals surface area contributed by atoms with E-state index in [1.54, 1.807) is 14.0 Å². The van der Waals surface area contributed by atoms with Gasteiger partial charge in [0.1, 0.15) is 5.92 Å². The van der Waals surface area contributed by atoms with E-state index >= 15 is 0 Å². The first-order valence-corrected chi connectivity index (χ1v) is 9.87. The fourth-order valence-electron chi connectivity index (χ4n) is 3.47. The van der Waals surface area contributed by atoms with Gasteiger partial charge in [-0.05, 0) is 27.2 Å². The predicted molar refractivity (Wildman–Crippen MR) is 104 cm³/mol. The third-order valence-corrected chi connectivity index (χ3v) is 5.19. The molecule has 0 aromatic rings. The summed E-state index contributed by atoms with van der Waals surface area (Å²) in [4.78, 5) is 10.9. The van der Waals surface area contributed by atoms with Crippen molar-refractivity contribution in [2.24, 2.45) is 11.8 Å². The number of methoxy groups -OCH3 is 3. The Morgan fingerprint density at radius 2 is 1.41 bits per heavy atom. The summed E-state index contributed by atoms with van der Waals surface area (Å²) in [6.45, 7) is 12.1. The fraction of sp³-hybridized carbons (Fsp3) is 0.950. The molecule has 2 aliphatic heterocycles. The van der Waals surface area contributed by atoms with Crippen LogP contribution in [0.2, 0.25) is 0 Å². The summed E-state index contributed by atoms with van der Waals surface area (Å²) in [6.07, 6.45) is 1.45. The normalized spacial score (nSPS) is 38.7. The standard InChI is InChI=1S/C9H16O5.C9H18O2.C2H6/c1-5-8(9(10)11)6(12-2)4-7(13-3)14-5;1-6-5-9(10-4)7(2)8(3)11-6;1-2/h5-8H,4H2,1-3H3,(H,10,11);6-9H,5H2,1-4H3;1-2H3/t5?,6?,7-,8?;6?,7-,8?,9?;/m10./s1. The third kappa shape index (κ3) is 8.03. The average molecular weight is 393 g/mol. The Bertz CT molecular complexity index is 404. The second kappa shape index (κ2) is 13.4. The van der Waals surface area contributed by atoms with E-state index in [4.69, 9.17) is 28.8 Å². The number of rotatable bonds is 4. The van der Waals surface area contributed by atoms with Gasteiger partial charge in [0.15, 0.2) is 6.29 Å². The number of carboxylic acid groups (broad SMARTS) is 1. The quantitative estimate of drug-likeness (QED) is 0.785. The van der Waals surface area contributed by atoms with Crippen LogP contribution >= 0.6 is 0 Å². The van der Waals surface area contributed by atoms with Gasteiger partial charge in [-0.1, -0.05) is 20.8 Å². The van der Waals surface area contributed by atoms with Gasteiger partial charge >= 0.3 is 5.97 Å². The molecule has 7 heteroatoms. The van der Waals surface area contributed by atoms with Crippen molar-refractivity contribution in [1.29, 1.82) is 0 Å². The number of aliphatic carboxylic acids is 1. The van der Waals surface area contributed by atoms with Crippen LogP contribution in [0.1, 0.15) is 54.4 Å². The SMILES string of the molecule is CC.COC1CC(C)OC(C)[C@@H]1C.COC1C[C@H](OC)OC(C)C1C(=O)O. The van der Waals surface area contributed by atoms with Crippen LogP contribution in [0.5, 0.6) is 0 Å². The topological polar surface area (TPSA) is 83.5 Å². The van der Waals surface area contributed by atoms with Crippen LogP contribution in [0.15, 0.2) is 0 Å². The number of hydrogen-bond donors (Lipinski definition) is 1. The molecular weight excluding hydrogens is 352 g/mol. The molecule has 2 aliphatic rings. The van der Waals surface area contributed by atoms with E-state index in [-0.39, 0.29) is 12.4 Å². The van der Waals surface area contributed by atoms with Gasteiger partial charge in [-0.2, -0.15) is 0 Å². The molecule has 6 unspecified atom stereocenters. The molecule has 1 N–H and O–H groups in total. The predicted octanol–water partition coefficient (Wildman–Crippen LogP) is 3.34. The van der Waals surface area contributed by atoms with E-state index < -0.39 is 18.0 Å². The maximum Gasteiger partial charge on any atom is 0.311 e. The minimum Gasteiger partial charge on any atom is -0.481 e. The van der Waals surface area contributed by atoms with Crippen molar-refractivity contribution in [3.8, 4) is 0 Å². The Kier molecular flexibility index (Phi) is 13.1. The highest BCUT2D eigenvalue weighted by Gasteiger charge is 2.41. The van der Waals surface area contributed by atoms with Crippen molar-refractivity contribution in [1.82, 2.24) is 0 Å². The van der Waals surface area contributed by atoms with Crippen LogP contribution in [0, 0.1) is 11.8 Å². The summed E-state index contributed by atoms with van der Waals surface area (Å²) in [7, 11) is 4.82. The van der Waals surface area contributed by atoms with E-state index in [2.05, 4.69) is 20.8 Å². The van der Waals surface area contributed by atoms with Gasteiger partial charge < -0.3 is 28.8 Å². The molecule has 7 nitrogen and oxygen atoms in total. The van der Waals surface area contributed by atoms with Crippen molar-refractivity contribution in [2.75, 3.05) is 21.3 Å². The summed E-state index contributed by atoms with van der Waals surface area (Å²) in [5.74, 6) is -0.985. The van der Waals surface area contributed by atoms with Gasteiger partial charge in [-0.25, -0.2) is 0 Å². The lowest BCUT2D eigenvalue weighted by atomic mass is 9.91. The lowest BCUT2D eigenvalue weighted by Crippen LogP contribution is -2.47. The highest BCUT2D eigenvalue weighted by molar-refractivity contribution is 5.71. The number of carboxylic acids is 1. The zero-order valence-electron chi connectivity index (χ0n) is 18.4. The lowest BCUT2D eigenvalue weighted by Gasteiger charge is -2.36. The lowest BCUT2D eigenvalue weighted by molar-refractivity contribution is -0.228. The zero-order valence-corrected chi connectivity index (χ0v) is 18.4. The molecule has 0 aliphatic carbocycles. The van der Waals surface area contributed by atoms with Gasteiger partial charge in [0.25, 0.3) is 0 Å². The second-order valence-electron chi connectivity index (χ2n) is 6.90. The summed E-state index contributed by atoms with van der Waals surface area (Å²) < 4.78 is 26.5. The van der Waals surface area contributed by atoms with Crippen molar-refractivity contribution < 1.29 is 33.6 Å². The maximum absolute atomic E-state index is 10.9.